The van der Waals surface area contributed by atoms with Crippen LogP contribution in [-0.4, -0.2) is 50.9 Å². The van der Waals surface area contributed by atoms with Gasteiger partial charge in [-0.15, -0.1) is 0 Å². The van der Waals surface area contributed by atoms with E-state index in [1.807, 2.05) is 66.7 Å². The van der Waals surface area contributed by atoms with Crippen molar-refractivity contribution < 1.29 is 33.9 Å². The number of ether oxygens (including phenoxy) is 5. The second-order valence-corrected chi connectivity index (χ2v) is 11.4. The molecule has 2 aliphatic rings. The van der Waals surface area contributed by atoms with E-state index in [2.05, 4.69) is 36.4 Å². The summed E-state index contributed by atoms with van der Waals surface area (Å²) in [4.78, 5) is 0. The van der Waals surface area contributed by atoms with Crippen LogP contribution in [0.4, 0.5) is 0 Å². The van der Waals surface area contributed by atoms with Crippen molar-refractivity contribution in [1.29, 1.82) is 0 Å². The Kier molecular flexibility index (Phi) is 8.23. The quantitative estimate of drug-likeness (QED) is 0.158. The van der Waals surface area contributed by atoms with E-state index in [4.69, 9.17) is 23.7 Å². The molecule has 0 saturated carbocycles. The van der Waals surface area contributed by atoms with Crippen LogP contribution in [-0.2, 0) is 21.7 Å². The van der Waals surface area contributed by atoms with Gasteiger partial charge in [-0.3, -0.25) is 0 Å². The third kappa shape index (κ3) is 5.02. The summed E-state index contributed by atoms with van der Waals surface area (Å²) < 4.78 is 30.6. The highest BCUT2D eigenvalue weighted by molar-refractivity contribution is 6.08. The second kappa shape index (κ2) is 12.6. The molecule has 0 spiro atoms. The third-order valence-electron chi connectivity index (χ3n) is 8.87. The minimum absolute atomic E-state index is 0.0442. The van der Waals surface area contributed by atoms with Gasteiger partial charge in [-0.25, -0.2) is 0 Å². The molecule has 234 valence electrons. The maximum absolute atomic E-state index is 10.0. The molecule has 1 aliphatic carbocycles. The summed E-state index contributed by atoms with van der Waals surface area (Å²) in [7, 11) is 3.33. The molecule has 1 aliphatic heterocycles. The molecule has 1 heterocycles. The summed E-state index contributed by atoms with van der Waals surface area (Å²) in [6, 6.07) is 30.4. The lowest BCUT2D eigenvalue weighted by Crippen LogP contribution is -2.34. The number of aliphatic hydroxyl groups excluding tert-OH is 2. The van der Waals surface area contributed by atoms with Gasteiger partial charge < -0.3 is 33.9 Å². The average Bonchev–Trinajstić information content (AvgIpc) is 3.45. The number of rotatable bonds is 11. The number of aliphatic hydroxyl groups is 2. The topological polar surface area (TPSA) is 86.6 Å². The first kappa shape index (κ1) is 30.0. The van der Waals surface area contributed by atoms with E-state index in [1.165, 1.54) is 0 Å². The van der Waals surface area contributed by atoms with E-state index in [9.17, 15) is 10.2 Å². The van der Waals surface area contributed by atoms with Gasteiger partial charge in [-0.2, -0.15) is 0 Å². The fourth-order valence-electron chi connectivity index (χ4n) is 6.71. The summed E-state index contributed by atoms with van der Waals surface area (Å²) >= 11 is 0. The van der Waals surface area contributed by atoms with Crippen LogP contribution in [0, 0.1) is 0 Å². The molecule has 0 fully saturated rings. The summed E-state index contributed by atoms with van der Waals surface area (Å²) in [6.45, 7) is 0.803. The normalized spacial score (nSPS) is 17.7. The molecule has 2 atom stereocenters. The van der Waals surface area contributed by atoms with Crippen molar-refractivity contribution in [3.63, 3.8) is 0 Å². The molecule has 5 aromatic rings. The first-order valence-electron chi connectivity index (χ1n) is 15.4. The Labute approximate surface area is 268 Å². The molecule has 0 bridgehead atoms. The highest BCUT2D eigenvalue weighted by Gasteiger charge is 2.42. The Morgan fingerprint density at radius 1 is 0.761 bits per heavy atom. The van der Waals surface area contributed by atoms with Gasteiger partial charge in [0.05, 0.1) is 47.3 Å². The fourth-order valence-corrected chi connectivity index (χ4v) is 6.71. The van der Waals surface area contributed by atoms with Crippen LogP contribution in [0.3, 0.4) is 0 Å². The van der Waals surface area contributed by atoms with E-state index >= 15 is 0 Å². The van der Waals surface area contributed by atoms with E-state index in [0.29, 0.717) is 13.2 Å². The minimum atomic E-state index is -0.922. The maximum atomic E-state index is 10.0. The van der Waals surface area contributed by atoms with Gasteiger partial charge in [0.2, 0.25) is 0 Å². The Morgan fingerprint density at radius 3 is 2.26 bits per heavy atom. The van der Waals surface area contributed by atoms with Crippen LogP contribution >= 0.6 is 0 Å². The summed E-state index contributed by atoms with van der Waals surface area (Å²) in [5.74, 6) is 2.23. The van der Waals surface area contributed by atoms with Gasteiger partial charge >= 0.3 is 0 Å². The van der Waals surface area contributed by atoms with Crippen LogP contribution in [0.1, 0.15) is 39.5 Å². The highest BCUT2D eigenvalue weighted by Crippen LogP contribution is 2.57. The molecule has 0 radical (unpaired) electrons. The molecule has 0 amide bonds. The van der Waals surface area contributed by atoms with Crippen molar-refractivity contribution >= 4 is 16.8 Å². The van der Waals surface area contributed by atoms with Crippen molar-refractivity contribution in [3.8, 4) is 28.4 Å². The lowest BCUT2D eigenvalue weighted by Gasteiger charge is -2.37. The van der Waals surface area contributed by atoms with Gasteiger partial charge in [-0.1, -0.05) is 60.7 Å². The smallest absolute Gasteiger partial charge is 0.178 e. The minimum Gasteiger partial charge on any atom is -0.497 e. The van der Waals surface area contributed by atoms with Crippen LogP contribution in [0.5, 0.6) is 17.2 Å². The predicted octanol–water partition coefficient (Wildman–Crippen LogP) is 6.79. The number of hydrogen-bond acceptors (Lipinski definition) is 7. The zero-order valence-corrected chi connectivity index (χ0v) is 25.9. The molecule has 2 N–H and O–H groups in total. The van der Waals surface area contributed by atoms with Gasteiger partial charge in [-0.05, 0) is 70.1 Å². The van der Waals surface area contributed by atoms with Crippen LogP contribution in [0.15, 0.2) is 97.1 Å². The molecular weight excluding hydrogens is 580 g/mol. The molecular formula is C39H36O7. The predicted molar refractivity (Wildman–Crippen MR) is 177 cm³/mol. The molecule has 7 rings (SSSR count). The van der Waals surface area contributed by atoms with E-state index in [0.717, 1.165) is 72.5 Å². The van der Waals surface area contributed by atoms with E-state index < -0.39 is 11.7 Å². The second-order valence-electron chi connectivity index (χ2n) is 11.4. The lowest BCUT2D eigenvalue weighted by molar-refractivity contribution is 0.0115. The molecule has 0 aromatic heterocycles. The summed E-state index contributed by atoms with van der Waals surface area (Å²) in [5.41, 5.74) is 6.88. The lowest BCUT2D eigenvalue weighted by atomic mass is 9.81. The number of methoxy groups -OCH3 is 2. The van der Waals surface area contributed by atoms with Crippen LogP contribution < -0.4 is 14.2 Å². The zero-order valence-electron chi connectivity index (χ0n) is 25.9. The Hall–Kier alpha value is -4.66. The third-order valence-corrected chi connectivity index (χ3v) is 8.87. The van der Waals surface area contributed by atoms with Crippen molar-refractivity contribution in [2.75, 3.05) is 40.6 Å². The first-order valence-corrected chi connectivity index (χ1v) is 15.4. The number of hydrogen-bond donors (Lipinski definition) is 2. The van der Waals surface area contributed by atoms with Crippen molar-refractivity contribution in [3.05, 3.63) is 130 Å². The standard InChI is InChI=1S/C39H36O7/c1-42-28-11-9-27(10-12-28)39(26-6-4-3-5-7-26)17-16-32-36-35(31-15-13-29(43-2)23-34(31)37(32)46-39)30-14-8-25(24-41)22-33(30)38(36)45-21-20-44-19-18-40/h3-17,22-23,38,40-41H,18-21,24H2,1-2H3. The molecule has 0 saturated heterocycles. The fraction of sp³-hybridized carbons (Fsp3) is 0.231. The van der Waals surface area contributed by atoms with Gasteiger partial charge in [0.25, 0.3) is 0 Å². The Morgan fingerprint density at radius 2 is 1.52 bits per heavy atom. The zero-order chi connectivity index (χ0) is 31.7. The molecule has 46 heavy (non-hydrogen) atoms. The van der Waals surface area contributed by atoms with Gasteiger partial charge in [0, 0.05) is 27.6 Å². The molecule has 2 unspecified atom stereocenters. The Bertz CT molecular complexity index is 1900. The highest BCUT2D eigenvalue weighted by atomic mass is 16.5. The SMILES string of the molecule is COc1ccc(C2(c3ccccc3)C=Cc3c4c(c5ccc(OC)cc5c3O2)-c2ccc(CO)cc2C4OCCOCCO)cc1. The largest absolute Gasteiger partial charge is 0.497 e. The molecule has 5 aromatic carbocycles. The molecule has 7 heteroatoms. The van der Waals surface area contributed by atoms with Gasteiger partial charge in [0.15, 0.2) is 5.60 Å². The maximum Gasteiger partial charge on any atom is 0.178 e. The van der Waals surface area contributed by atoms with E-state index in [-0.39, 0.29) is 19.8 Å². The Balaban J connectivity index is 1.47. The van der Waals surface area contributed by atoms with E-state index in [1.54, 1.807) is 14.2 Å². The van der Waals surface area contributed by atoms with Crippen LogP contribution in [0.25, 0.3) is 28.0 Å². The number of benzene rings is 5. The van der Waals surface area contributed by atoms with Crippen molar-refractivity contribution in [2.24, 2.45) is 0 Å². The number of fused-ring (bicyclic) bond motifs is 8. The molecule has 7 nitrogen and oxygen atoms in total. The van der Waals surface area contributed by atoms with Crippen LogP contribution in [0.2, 0.25) is 0 Å². The van der Waals surface area contributed by atoms with Crippen molar-refractivity contribution in [2.45, 2.75) is 18.3 Å². The first-order chi connectivity index (χ1) is 22.6. The van der Waals surface area contributed by atoms with Gasteiger partial charge in [0.1, 0.15) is 23.4 Å². The monoisotopic (exact) mass is 616 g/mol. The average molecular weight is 617 g/mol. The van der Waals surface area contributed by atoms with Crippen molar-refractivity contribution in [1.82, 2.24) is 0 Å². The summed E-state index contributed by atoms with van der Waals surface area (Å²) in [5, 5.41) is 21.2. The summed E-state index contributed by atoms with van der Waals surface area (Å²) in [6.07, 6.45) is 3.86.